The lowest BCUT2D eigenvalue weighted by Crippen LogP contribution is -2.38. The first-order chi connectivity index (χ1) is 14.7. The first-order valence-corrected chi connectivity index (χ1v) is 11.9. The predicted molar refractivity (Wildman–Crippen MR) is 120 cm³/mol. The highest BCUT2D eigenvalue weighted by Crippen LogP contribution is 2.20. The van der Waals surface area contributed by atoms with E-state index in [0.717, 1.165) is 29.0 Å². The van der Waals surface area contributed by atoms with Gasteiger partial charge in [-0.3, -0.25) is 13.9 Å². The van der Waals surface area contributed by atoms with E-state index in [9.17, 15) is 18.0 Å². The van der Waals surface area contributed by atoms with Gasteiger partial charge in [0.15, 0.2) is 0 Å². The van der Waals surface area contributed by atoms with Crippen LogP contribution in [0.25, 0.3) is 0 Å². The molecule has 0 aromatic heterocycles. The highest BCUT2D eigenvalue weighted by atomic mass is 32.2. The number of anilines is 2. The van der Waals surface area contributed by atoms with Gasteiger partial charge in [0.2, 0.25) is 15.9 Å². The molecule has 2 aromatic rings. The smallest absolute Gasteiger partial charge is 0.253 e. The summed E-state index contributed by atoms with van der Waals surface area (Å²) < 4.78 is 31.1. The average Bonchev–Trinajstić information content (AvgIpc) is 3.24. The molecule has 9 heteroatoms. The van der Waals surface area contributed by atoms with Crippen molar-refractivity contribution in [1.82, 2.24) is 5.32 Å². The summed E-state index contributed by atoms with van der Waals surface area (Å²) in [5.74, 6) is -0.879. The number of hydrogen-bond acceptors (Lipinski definition) is 5. The first kappa shape index (κ1) is 22.8. The van der Waals surface area contributed by atoms with Crippen molar-refractivity contribution in [2.45, 2.75) is 25.9 Å². The molecule has 1 saturated heterocycles. The number of amides is 2. The molecule has 8 nitrogen and oxygen atoms in total. The van der Waals surface area contributed by atoms with Crippen molar-refractivity contribution in [3.05, 3.63) is 59.7 Å². The van der Waals surface area contributed by atoms with Gasteiger partial charge in [-0.25, -0.2) is 8.42 Å². The lowest BCUT2D eigenvalue weighted by Gasteiger charge is -2.22. The fourth-order valence-corrected chi connectivity index (χ4v) is 4.18. The van der Waals surface area contributed by atoms with Gasteiger partial charge in [0.1, 0.15) is 6.54 Å². The zero-order chi connectivity index (χ0) is 22.4. The van der Waals surface area contributed by atoms with Gasteiger partial charge >= 0.3 is 0 Å². The van der Waals surface area contributed by atoms with Crippen molar-refractivity contribution >= 4 is 33.2 Å². The normalized spacial score (nSPS) is 16.0. The van der Waals surface area contributed by atoms with E-state index >= 15 is 0 Å². The van der Waals surface area contributed by atoms with Crippen LogP contribution in [-0.4, -0.2) is 52.3 Å². The van der Waals surface area contributed by atoms with Crippen LogP contribution in [0.1, 0.15) is 28.8 Å². The number of ether oxygens (including phenoxy) is 1. The Balaban J connectivity index is 1.70. The van der Waals surface area contributed by atoms with E-state index in [4.69, 9.17) is 4.74 Å². The van der Waals surface area contributed by atoms with Crippen LogP contribution in [0.2, 0.25) is 0 Å². The molecule has 2 amide bonds. The highest BCUT2D eigenvalue weighted by molar-refractivity contribution is 7.92. The van der Waals surface area contributed by atoms with Crippen LogP contribution >= 0.6 is 0 Å². The van der Waals surface area contributed by atoms with Crippen LogP contribution in [-0.2, 0) is 19.6 Å². The maximum atomic E-state index is 12.7. The van der Waals surface area contributed by atoms with E-state index in [2.05, 4.69) is 10.6 Å². The van der Waals surface area contributed by atoms with Crippen LogP contribution < -0.4 is 14.9 Å². The number of aryl methyl sites for hydroxylation is 1. The summed E-state index contributed by atoms with van der Waals surface area (Å²) in [5, 5.41) is 5.50. The number of nitrogens with zero attached hydrogens (tertiary/aromatic N) is 1. The molecule has 1 atom stereocenters. The molecule has 0 aliphatic carbocycles. The number of nitrogens with one attached hydrogen (secondary N) is 2. The zero-order valence-electron chi connectivity index (χ0n) is 17.6. The molecule has 3 rings (SSSR count). The largest absolute Gasteiger partial charge is 0.376 e. The Hall–Kier alpha value is -2.91. The summed E-state index contributed by atoms with van der Waals surface area (Å²) in [5.41, 5.74) is 1.99. The molecule has 0 unspecified atom stereocenters. The minimum absolute atomic E-state index is 0.00327. The van der Waals surface area contributed by atoms with Crippen LogP contribution in [0.3, 0.4) is 0 Å². The Morgan fingerprint density at radius 1 is 1.13 bits per heavy atom. The quantitative estimate of drug-likeness (QED) is 0.649. The zero-order valence-corrected chi connectivity index (χ0v) is 18.4. The molecule has 0 radical (unpaired) electrons. The second-order valence-electron chi connectivity index (χ2n) is 7.54. The predicted octanol–water partition coefficient (Wildman–Crippen LogP) is 2.31. The van der Waals surface area contributed by atoms with Crippen LogP contribution in [0, 0.1) is 6.92 Å². The van der Waals surface area contributed by atoms with Gasteiger partial charge in [0.05, 0.1) is 29.3 Å². The van der Waals surface area contributed by atoms with Crippen molar-refractivity contribution in [2.24, 2.45) is 0 Å². The number of benzene rings is 2. The number of rotatable bonds is 8. The van der Waals surface area contributed by atoms with E-state index in [-0.39, 0.29) is 12.0 Å². The second-order valence-corrected chi connectivity index (χ2v) is 9.45. The Kier molecular flexibility index (Phi) is 7.29. The van der Waals surface area contributed by atoms with Gasteiger partial charge in [0.25, 0.3) is 5.91 Å². The molecule has 1 aliphatic heterocycles. The molecule has 1 aliphatic rings. The minimum atomic E-state index is -3.68. The SMILES string of the molecule is Cc1ccc(N(CC(=O)Nc2ccccc2C(=O)NC[C@@H]2CCCO2)S(C)(=O)=O)cc1. The highest BCUT2D eigenvalue weighted by Gasteiger charge is 2.22. The van der Waals surface area contributed by atoms with E-state index in [1.54, 1.807) is 48.5 Å². The molecule has 2 aromatic carbocycles. The fourth-order valence-electron chi connectivity index (χ4n) is 3.33. The summed E-state index contributed by atoms with van der Waals surface area (Å²) in [6, 6.07) is 13.5. The molecule has 2 N–H and O–H groups in total. The van der Waals surface area contributed by atoms with Crippen LogP contribution in [0.4, 0.5) is 11.4 Å². The third kappa shape index (κ3) is 6.28. The third-order valence-corrected chi connectivity index (χ3v) is 6.11. The van der Waals surface area contributed by atoms with Crippen molar-refractivity contribution in [3.63, 3.8) is 0 Å². The summed E-state index contributed by atoms with van der Waals surface area (Å²) in [7, 11) is -3.68. The Bertz CT molecular complexity index is 1030. The number of para-hydroxylation sites is 1. The molecule has 1 fully saturated rings. The minimum Gasteiger partial charge on any atom is -0.376 e. The Morgan fingerprint density at radius 3 is 2.48 bits per heavy atom. The lowest BCUT2D eigenvalue weighted by molar-refractivity contribution is -0.114. The van der Waals surface area contributed by atoms with Gasteiger partial charge in [0, 0.05) is 13.2 Å². The number of hydrogen-bond donors (Lipinski definition) is 2. The monoisotopic (exact) mass is 445 g/mol. The average molecular weight is 446 g/mol. The topological polar surface area (TPSA) is 105 Å². The molecule has 0 spiro atoms. The van der Waals surface area contributed by atoms with Crippen molar-refractivity contribution < 1.29 is 22.7 Å². The number of carbonyl (C=O) groups excluding carboxylic acids is 2. The lowest BCUT2D eigenvalue weighted by atomic mass is 10.1. The Morgan fingerprint density at radius 2 is 1.84 bits per heavy atom. The fraction of sp³-hybridized carbons (Fsp3) is 0.364. The molecule has 0 saturated carbocycles. The van der Waals surface area contributed by atoms with Gasteiger partial charge in [-0.15, -0.1) is 0 Å². The summed E-state index contributed by atoms with van der Waals surface area (Å²) in [4.78, 5) is 25.3. The molecule has 0 bridgehead atoms. The third-order valence-electron chi connectivity index (χ3n) is 4.97. The first-order valence-electron chi connectivity index (χ1n) is 10.1. The maximum Gasteiger partial charge on any atom is 0.253 e. The molecule has 31 heavy (non-hydrogen) atoms. The molecule has 1 heterocycles. The molecular weight excluding hydrogens is 418 g/mol. The van der Waals surface area contributed by atoms with Crippen LogP contribution in [0.5, 0.6) is 0 Å². The molecule has 166 valence electrons. The van der Waals surface area contributed by atoms with E-state index in [0.29, 0.717) is 30.1 Å². The van der Waals surface area contributed by atoms with Gasteiger partial charge in [-0.05, 0) is 44.0 Å². The van der Waals surface area contributed by atoms with Gasteiger partial charge < -0.3 is 15.4 Å². The number of sulfonamides is 1. The maximum absolute atomic E-state index is 12.7. The van der Waals surface area contributed by atoms with E-state index in [1.165, 1.54) is 0 Å². The summed E-state index contributed by atoms with van der Waals surface area (Å²) in [6.07, 6.45) is 2.93. The second kappa shape index (κ2) is 9.93. The standard InChI is InChI=1S/C22H27N3O5S/c1-16-9-11-17(12-10-16)25(31(2,28)29)15-21(26)24-20-8-4-3-7-19(20)22(27)23-14-18-6-5-13-30-18/h3-4,7-12,18H,5-6,13-15H2,1-2H3,(H,23,27)(H,24,26)/t18-/m0/s1. The van der Waals surface area contributed by atoms with Crippen molar-refractivity contribution in [1.29, 1.82) is 0 Å². The summed E-state index contributed by atoms with van der Waals surface area (Å²) in [6.45, 7) is 2.58. The van der Waals surface area contributed by atoms with Crippen molar-refractivity contribution in [2.75, 3.05) is 35.6 Å². The van der Waals surface area contributed by atoms with Gasteiger partial charge in [-0.2, -0.15) is 0 Å². The van der Waals surface area contributed by atoms with Gasteiger partial charge in [-0.1, -0.05) is 29.8 Å². The van der Waals surface area contributed by atoms with E-state index < -0.39 is 22.5 Å². The summed E-state index contributed by atoms with van der Waals surface area (Å²) >= 11 is 0. The molecular formula is C22H27N3O5S. The number of carbonyl (C=O) groups is 2. The van der Waals surface area contributed by atoms with E-state index in [1.807, 2.05) is 6.92 Å². The Labute approximate surface area is 182 Å². The van der Waals surface area contributed by atoms with Crippen LogP contribution in [0.15, 0.2) is 48.5 Å². The van der Waals surface area contributed by atoms with Crippen molar-refractivity contribution in [3.8, 4) is 0 Å².